The third-order valence-electron chi connectivity index (χ3n) is 6.10. The maximum atomic E-state index is 13.9. The van der Waals surface area contributed by atoms with Gasteiger partial charge in [-0.05, 0) is 64.9 Å². The second-order valence-corrected chi connectivity index (χ2v) is 11.7. The molecule has 0 bridgehead atoms. The molecule has 0 radical (unpaired) electrons. The lowest BCUT2D eigenvalue weighted by Crippen LogP contribution is -2.53. The summed E-state index contributed by atoms with van der Waals surface area (Å²) in [4.78, 5) is 27.7. The van der Waals surface area contributed by atoms with Gasteiger partial charge < -0.3 is 10.2 Å². The van der Waals surface area contributed by atoms with Crippen LogP contribution in [0.5, 0.6) is 0 Å². The summed E-state index contributed by atoms with van der Waals surface area (Å²) in [7, 11) is -3.09. The molecule has 0 aliphatic rings. The van der Waals surface area contributed by atoms with E-state index < -0.39 is 39.8 Å². The first kappa shape index (κ1) is 27.5. The number of benzene rings is 3. The molecule has 0 saturated heterocycles. The molecule has 0 saturated carbocycles. The van der Waals surface area contributed by atoms with E-state index in [1.54, 1.807) is 18.2 Å². The van der Waals surface area contributed by atoms with E-state index in [1.165, 1.54) is 41.6 Å². The molecule has 40 heavy (non-hydrogen) atoms. The van der Waals surface area contributed by atoms with Crippen molar-refractivity contribution in [2.24, 2.45) is 0 Å². The fourth-order valence-corrected chi connectivity index (χ4v) is 6.18. The maximum absolute atomic E-state index is 13.9. The van der Waals surface area contributed by atoms with Crippen LogP contribution in [0.15, 0.2) is 72.2 Å². The summed E-state index contributed by atoms with van der Waals surface area (Å²) >= 11 is 7.62. The molecule has 2 aromatic heterocycles. The van der Waals surface area contributed by atoms with Gasteiger partial charge in [-0.15, -0.1) is 15.4 Å². The van der Waals surface area contributed by atoms with Crippen molar-refractivity contribution in [2.75, 3.05) is 11.9 Å². The Morgan fingerprint density at radius 1 is 1.10 bits per heavy atom. The van der Waals surface area contributed by atoms with Gasteiger partial charge in [0.05, 0.1) is 16.7 Å². The van der Waals surface area contributed by atoms with Gasteiger partial charge in [0.15, 0.2) is 0 Å². The number of hydrogen-bond donors (Lipinski definition) is 2. The first-order valence-corrected chi connectivity index (χ1v) is 14.4. The molecule has 0 aliphatic carbocycles. The van der Waals surface area contributed by atoms with Crippen LogP contribution in [-0.2, 0) is 21.4 Å². The molecular weight excluding hydrogens is 584 g/mol. The molecule has 2 N–H and O–H groups in total. The van der Waals surface area contributed by atoms with E-state index in [0.29, 0.717) is 21.2 Å². The van der Waals surface area contributed by atoms with Gasteiger partial charge in [-0.25, -0.2) is 18.3 Å². The van der Waals surface area contributed by atoms with Crippen LogP contribution in [0.25, 0.3) is 21.0 Å². The molecule has 9 nitrogen and oxygen atoms in total. The molecule has 206 valence electrons. The van der Waals surface area contributed by atoms with Crippen LogP contribution in [0.3, 0.4) is 0 Å². The third kappa shape index (κ3) is 5.62. The van der Waals surface area contributed by atoms with Gasteiger partial charge in [0.25, 0.3) is 0 Å². The molecule has 0 aliphatic heterocycles. The summed E-state index contributed by atoms with van der Waals surface area (Å²) in [6.45, 7) is 0. The lowest BCUT2D eigenvalue weighted by Gasteiger charge is -2.25. The molecular formula is C26H20ClF2N5O4S2. The summed E-state index contributed by atoms with van der Waals surface area (Å²) in [5, 5.41) is 9.56. The second kappa shape index (κ2) is 10.8. The fraction of sp³-hybridized carbons (Fsp3) is 0.115. The highest BCUT2D eigenvalue weighted by atomic mass is 35.5. The van der Waals surface area contributed by atoms with E-state index in [0.717, 1.165) is 22.2 Å². The number of nitrogens with zero attached hydrogens (tertiary/aromatic N) is 3. The first-order chi connectivity index (χ1) is 19.0. The molecule has 0 fully saturated rings. The first-order valence-electron chi connectivity index (χ1n) is 11.7. The van der Waals surface area contributed by atoms with Gasteiger partial charge in [0.2, 0.25) is 5.91 Å². The van der Waals surface area contributed by atoms with Crippen molar-refractivity contribution >= 4 is 71.8 Å². The molecule has 2 heterocycles. The third-order valence-corrected chi connectivity index (χ3v) is 8.51. The summed E-state index contributed by atoms with van der Waals surface area (Å²) in [5.74, 6) is -2.38. The van der Waals surface area contributed by atoms with Crippen molar-refractivity contribution in [3.05, 3.63) is 94.5 Å². The number of anilines is 1. The largest absolute Gasteiger partial charge is 0.347 e. The molecule has 5 rings (SSSR count). The van der Waals surface area contributed by atoms with E-state index in [4.69, 9.17) is 11.6 Å². The van der Waals surface area contributed by atoms with Gasteiger partial charge in [-0.2, -0.15) is 13.5 Å². The number of fused-ring (bicyclic) bond motifs is 2. The second-order valence-electron chi connectivity index (χ2n) is 8.82. The predicted molar refractivity (Wildman–Crippen MR) is 150 cm³/mol. The van der Waals surface area contributed by atoms with Crippen molar-refractivity contribution in [3.63, 3.8) is 0 Å². The average Bonchev–Trinajstić information content (AvgIpc) is 3.54. The van der Waals surface area contributed by atoms with Crippen LogP contribution in [0.1, 0.15) is 5.56 Å². The Balaban J connectivity index is 1.41. The Kier molecular flexibility index (Phi) is 7.45. The van der Waals surface area contributed by atoms with Gasteiger partial charge in [0.1, 0.15) is 17.7 Å². The minimum absolute atomic E-state index is 0.0772. The molecule has 3 amide bonds. The summed E-state index contributed by atoms with van der Waals surface area (Å²) in [6.07, 6.45) is 0.908. The van der Waals surface area contributed by atoms with Crippen LogP contribution in [0, 0.1) is 11.6 Å². The van der Waals surface area contributed by atoms with E-state index in [9.17, 15) is 26.8 Å². The highest BCUT2D eigenvalue weighted by Gasteiger charge is 2.28. The van der Waals surface area contributed by atoms with Crippen molar-refractivity contribution in [3.8, 4) is 0 Å². The van der Waals surface area contributed by atoms with Crippen molar-refractivity contribution in [1.82, 2.24) is 19.2 Å². The van der Waals surface area contributed by atoms with Gasteiger partial charge in [-0.3, -0.25) is 4.79 Å². The number of nitrogens with one attached hydrogen (secondary N) is 2. The number of aromatic nitrogens is 2. The number of halogens is 3. The standard InChI is InChI=1S/C26H20ClF2N5O4S2/c1-33(19-5-6-24-16(12-19)7-8-39-24)25(35)22(11-15-9-17(28)13-18(29)10-15)31-26(36)32-40(37,38)34-23-4-2-3-21(27)20(23)14-30-34/h2-10,12-14,22H,11H2,1H3,(H2,31,32,36)/t22-/m0/s1. The number of thiophene rings is 1. The zero-order chi connectivity index (χ0) is 28.6. The van der Waals surface area contributed by atoms with E-state index in [2.05, 4.69) is 10.4 Å². The van der Waals surface area contributed by atoms with Crippen molar-refractivity contribution in [1.29, 1.82) is 0 Å². The van der Waals surface area contributed by atoms with E-state index in [-0.39, 0.29) is 22.5 Å². The molecule has 1 atom stereocenters. The van der Waals surface area contributed by atoms with Crippen LogP contribution in [-0.4, -0.2) is 42.6 Å². The van der Waals surface area contributed by atoms with E-state index >= 15 is 0 Å². The van der Waals surface area contributed by atoms with Gasteiger partial charge >= 0.3 is 16.2 Å². The number of amides is 3. The predicted octanol–water partition coefficient (Wildman–Crippen LogP) is 4.85. The quantitative estimate of drug-likeness (QED) is 0.276. The molecule has 0 unspecified atom stereocenters. The topological polar surface area (TPSA) is 113 Å². The molecule has 0 spiro atoms. The Morgan fingerprint density at radius 2 is 1.85 bits per heavy atom. The number of likely N-dealkylation sites (N-methyl/N-ethyl adjacent to an activating group) is 1. The SMILES string of the molecule is CN(C(=O)[C@H](Cc1cc(F)cc(F)c1)NC(=O)NS(=O)(=O)n1ncc2c(Cl)cccc21)c1ccc2sccc2c1. The monoisotopic (exact) mass is 603 g/mol. The van der Waals surface area contributed by atoms with E-state index in [1.807, 2.05) is 22.2 Å². The molecule has 5 aromatic rings. The zero-order valence-corrected chi connectivity index (χ0v) is 23.0. The zero-order valence-electron chi connectivity index (χ0n) is 20.6. The summed E-state index contributed by atoms with van der Waals surface area (Å²) in [5.41, 5.74) is 0.702. The smallest absolute Gasteiger partial charge is 0.325 e. The number of rotatable bonds is 7. The molecule has 14 heteroatoms. The number of hydrogen-bond acceptors (Lipinski definition) is 6. The normalized spacial score (nSPS) is 12.4. The van der Waals surface area contributed by atoms with Crippen molar-refractivity contribution < 1.29 is 26.8 Å². The number of urea groups is 1. The minimum Gasteiger partial charge on any atom is -0.325 e. The lowest BCUT2D eigenvalue weighted by atomic mass is 10.0. The van der Waals surface area contributed by atoms with Crippen molar-refractivity contribution in [2.45, 2.75) is 12.5 Å². The number of carbonyl (C=O) groups excluding carboxylic acids is 2. The summed E-state index contributed by atoms with van der Waals surface area (Å²) < 4.78 is 57.1. The maximum Gasteiger partial charge on any atom is 0.347 e. The molecule has 3 aromatic carbocycles. The minimum atomic E-state index is -4.57. The van der Waals surface area contributed by atoms with Crippen LogP contribution in [0.2, 0.25) is 5.02 Å². The highest BCUT2D eigenvalue weighted by molar-refractivity contribution is 7.88. The Hall–Kier alpha value is -4.07. The van der Waals surface area contributed by atoms with Crippen LogP contribution >= 0.6 is 22.9 Å². The number of carbonyl (C=O) groups is 2. The highest BCUT2D eigenvalue weighted by Crippen LogP contribution is 2.26. The van der Waals surface area contributed by atoms with Crippen LogP contribution in [0.4, 0.5) is 19.3 Å². The van der Waals surface area contributed by atoms with Crippen LogP contribution < -0.4 is 14.9 Å². The van der Waals surface area contributed by atoms with Gasteiger partial charge in [0, 0.05) is 35.3 Å². The fourth-order valence-electron chi connectivity index (χ4n) is 4.22. The Bertz CT molecular complexity index is 1860. The Labute approximate surface area is 236 Å². The average molecular weight is 604 g/mol. The van der Waals surface area contributed by atoms with Gasteiger partial charge in [-0.1, -0.05) is 17.7 Å². The summed E-state index contributed by atoms with van der Waals surface area (Å²) in [6, 6.07) is 11.8. The Morgan fingerprint density at radius 3 is 2.60 bits per heavy atom. The lowest BCUT2D eigenvalue weighted by molar-refractivity contribution is -0.120.